The van der Waals surface area contributed by atoms with Crippen molar-refractivity contribution in [1.82, 2.24) is 5.32 Å². The quantitative estimate of drug-likeness (QED) is 0.800. The largest absolute Gasteiger partial charge is 0.481 e. The first-order valence-electron chi connectivity index (χ1n) is 5.98. The molecule has 3 N–H and O–H groups in total. The maximum atomic E-state index is 11.9. The number of carboxylic acids is 1. The molecule has 1 aromatic rings. The number of hydrogen-bond donors (Lipinski definition) is 3. The molecule has 2 amide bonds. The zero-order valence-electron chi connectivity index (χ0n) is 11.4. The highest BCUT2D eigenvalue weighted by Crippen LogP contribution is 2.24. The molecule has 0 aliphatic heterocycles. The molecule has 0 aliphatic rings. The number of urea groups is 1. The third-order valence-electron chi connectivity index (χ3n) is 2.85. The Labute approximate surface area is 119 Å². The fraction of sp³-hybridized carbons (Fsp3) is 0.385. The number of carbonyl (C=O) groups is 2. The number of carbonyl (C=O) groups excluding carboxylic acids is 1. The summed E-state index contributed by atoms with van der Waals surface area (Å²) in [7, 11) is 0. The molecule has 0 aliphatic carbocycles. The Morgan fingerprint density at radius 2 is 1.67 bits per heavy atom. The Balaban J connectivity index is 2.67. The van der Waals surface area contributed by atoms with Crippen LogP contribution in [-0.4, -0.2) is 29.8 Å². The van der Waals surface area contributed by atoms with Crippen molar-refractivity contribution < 1.29 is 27.9 Å². The van der Waals surface area contributed by atoms with Gasteiger partial charge in [0.15, 0.2) is 0 Å². The molecule has 0 fully saturated rings. The van der Waals surface area contributed by atoms with Crippen molar-refractivity contribution in [3.63, 3.8) is 0 Å². The van der Waals surface area contributed by atoms with Gasteiger partial charge in [0.1, 0.15) is 6.54 Å². The fourth-order valence-corrected chi connectivity index (χ4v) is 1.45. The van der Waals surface area contributed by atoms with Crippen LogP contribution < -0.4 is 10.6 Å². The number of rotatable bonds is 4. The molecule has 0 saturated carbocycles. The molecule has 0 bridgehead atoms. The van der Waals surface area contributed by atoms with Crippen LogP contribution in [0.3, 0.4) is 0 Å². The molecule has 1 aromatic carbocycles. The van der Waals surface area contributed by atoms with E-state index in [1.165, 1.54) is 38.1 Å². The second kappa shape index (κ2) is 6.02. The standard InChI is InChI=1S/C13H15F3N2O3/c1-12(2,10(19)20)8-3-5-9(6-4-8)18-11(21)17-7-13(14,15)16/h3-6H,7H2,1-2H3,(H,19,20)(H2,17,18,21). The molecular weight excluding hydrogens is 289 g/mol. The Morgan fingerprint density at radius 3 is 2.10 bits per heavy atom. The van der Waals surface area contributed by atoms with Crippen molar-refractivity contribution >= 4 is 17.7 Å². The first kappa shape index (κ1) is 16.8. The molecule has 0 aromatic heterocycles. The lowest BCUT2D eigenvalue weighted by molar-refractivity contribution is -0.142. The molecule has 0 atom stereocenters. The maximum Gasteiger partial charge on any atom is 0.405 e. The smallest absolute Gasteiger partial charge is 0.405 e. The number of nitrogens with one attached hydrogen (secondary N) is 2. The number of anilines is 1. The Bertz CT molecular complexity index is 524. The molecule has 0 radical (unpaired) electrons. The second-order valence-corrected chi connectivity index (χ2v) is 4.93. The predicted molar refractivity (Wildman–Crippen MR) is 70.2 cm³/mol. The van der Waals surface area contributed by atoms with Gasteiger partial charge in [0.2, 0.25) is 0 Å². The molecule has 1 rings (SSSR count). The van der Waals surface area contributed by atoms with E-state index in [1.54, 1.807) is 5.32 Å². The minimum atomic E-state index is -4.48. The van der Waals surface area contributed by atoms with Crippen LogP contribution >= 0.6 is 0 Å². The summed E-state index contributed by atoms with van der Waals surface area (Å²) in [6.07, 6.45) is -4.48. The van der Waals surface area contributed by atoms with E-state index in [0.29, 0.717) is 5.56 Å². The van der Waals surface area contributed by atoms with Crippen LogP contribution in [-0.2, 0) is 10.2 Å². The van der Waals surface area contributed by atoms with Gasteiger partial charge in [-0.2, -0.15) is 13.2 Å². The lowest BCUT2D eigenvalue weighted by Crippen LogP contribution is -2.36. The highest BCUT2D eigenvalue weighted by molar-refractivity contribution is 5.89. The van der Waals surface area contributed by atoms with Crippen molar-refractivity contribution in [2.24, 2.45) is 0 Å². The summed E-state index contributed by atoms with van der Waals surface area (Å²) in [5.74, 6) is -1.01. The Morgan fingerprint density at radius 1 is 1.14 bits per heavy atom. The van der Waals surface area contributed by atoms with E-state index in [0.717, 1.165) is 0 Å². The van der Waals surface area contributed by atoms with Gasteiger partial charge in [0, 0.05) is 5.69 Å². The Hall–Kier alpha value is -2.25. The SMILES string of the molecule is CC(C)(C(=O)O)c1ccc(NC(=O)NCC(F)(F)F)cc1. The van der Waals surface area contributed by atoms with Crippen molar-refractivity contribution in [3.8, 4) is 0 Å². The lowest BCUT2D eigenvalue weighted by atomic mass is 9.85. The summed E-state index contributed by atoms with van der Waals surface area (Å²) in [4.78, 5) is 22.3. The topological polar surface area (TPSA) is 78.4 Å². The molecule has 21 heavy (non-hydrogen) atoms. The molecule has 5 nitrogen and oxygen atoms in total. The number of benzene rings is 1. The van der Waals surface area contributed by atoms with Gasteiger partial charge in [-0.05, 0) is 31.5 Å². The van der Waals surface area contributed by atoms with Crippen LogP contribution in [0.5, 0.6) is 0 Å². The molecule has 0 heterocycles. The van der Waals surface area contributed by atoms with Gasteiger partial charge in [0.05, 0.1) is 5.41 Å². The summed E-state index contributed by atoms with van der Waals surface area (Å²) in [6.45, 7) is 1.62. The normalized spacial score (nSPS) is 11.9. The van der Waals surface area contributed by atoms with Gasteiger partial charge in [-0.25, -0.2) is 4.79 Å². The summed E-state index contributed by atoms with van der Waals surface area (Å²) < 4.78 is 35.7. The number of halogens is 3. The second-order valence-electron chi connectivity index (χ2n) is 4.93. The first-order chi connectivity index (χ1) is 9.52. The average Bonchev–Trinajstić information content (AvgIpc) is 2.36. The molecular formula is C13H15F3N2O3. The van der Waals surface area contributed by atoms with Crippen molar-refractivity contribution in [2.75, 3.05) is 11.9 Å². The third kappa shape index (κ3) is 4.97. The van der Waals surface area contributed by atoms with Crippen LogP contribution in [0.1, 0.15) is 19.4 Å². The van der Waals surface area contributed by atoms with Crippen LogP contribution in [0, 0.1) is 0 Å². The molecule has 8 heteroatoms. The summed E-state index contributed by atoms with van der Waals surface area (Å²) >= 11 is 0. The summed E-state index contributed by atoms with van der Waals surface area (Å²) in [5.41, 5.74) is -0.326. The van der Waals surface area contributed by atoms with E-state index in [-0.39, 0.29) is 5.69 Å². The van der Waals surface area contributed by atoms with E-state index in [2.05, 4.69) is 5.32 Å². The lowest BCUT2D eigenvalue weighted by Gasteiger charge is -2.20. The number of amides is 2. The molecule has 0 unspecified atom stereocenters. The predicted octanol–water partition coefficient (Wildman–Crippen LogP) is 2.73. The third-order valence-corrected chi connectivity index (χ3v) is 2.85. The summed E-state index contributed by atoms with van der Waals surface area (Å²) in [5, 5.41) is 13.0. The van der Waals surface area contributed by atoms with Gasteiger partial charge in [0.25, 0.3) is 0 Å². The number of alkyl halides is 3. The van der Waals surface area contributed by atoms with Crippen molar-refractivity contribution in [2.45, 2.75) is 25.4 Å². The van der Waals surface area contributed by atoms with Gasteiger partial charge < -0.3 is 15.7 Å². The minimum absolute atomic E-state index is 0.264. The van der Waals surface area contributed by atoms with Crippen LogP contribution in [0.2, 0.25) is 0 Å². The highest BCUT2D eigenvalue weighted by atomic mass is 19.4. The highest BCUT2D eigenvalue weighted by Gasteiger charge is 2.29. The van der Waals surface area contributed by atoms with Gasteiger partial charge in [-0.1, -0.05) is 12.1 Å². The fourth-order valence-electron chi connectivity index (χ4n) is 1.45. The average molecular weight is 304 g/mol. The van der Waals surface area contributed by atoms with E-state index < -0.39 is 30.1 Å². The van der Waals surface area contributed by atoms with Crippen molar-refractivity contribution in [1.29, 1.82) is 0 Å². The number of aliphatic carboxylic acids is 1. The van der Waals surface area contributed by atoms with E-state index in [1.807, 2.05) is 0 Å². The Kier molecular flexibility index (Phi) is 4.82. The van der Waals surface area contributed by atoms with Gasteiger partial charge in [-0.15, -0.1) is 0 Å². The number of hydrogen-bond acceptors (Lipinski definition) is 2. The van der Waals surface area contributed by atoms with E-state index >= 15 is 0 Å². The zero-order valence-corrected chi connectivity index (χ0v) is 11.4. The van der Waals surface area contributed by atoms with Crippen LogP contribution in [0.25, 0.3) is 0 Å². The monoisotopic (exact) mass is 304 g/mol. The molecule has 0 saturated heterocycles. The molecule has 116 valence electrons. The minimum Gasteiger partial charge on any atom is -0.481 e. The van der Waals surface area contributed by atoms with Crippen LogP contribution in [0.4, 0.5) is 23.7 Å². The number of carboxylic acid groups (broad SMARTS) is 1. The van der Waals surface area contributed by atoms with Crippen molar-refractivity contribution in [3.05, 3.63) is 29.8 Å². The van der Waals surface area contributed by atoms with Crippen LogP contribution in [0.15, 0.2) is 24.3 Å². The summed E-state index contributed by atoms with van der Waals surface area (Å²) in [6, 6.07) is 4.85. The van der Waals surface area contributed by atoms with Gasteiger partial charge >= 0.3 is 18.2 Å². The van der Waals surface area contributed by atoms with E-state index in [4.69, 9.17) is 5.11 Å². The molecule has 0 spiro atoms. The zero-order chi connectivity index (χ0) is 16.3. The van der Waals surface area contributed by atoms with E-state index in [9.17, 15) is 22.8 Å². The van der Waals surface area contributed by atoms with Gasteiger partial charge in [-0.3, -0.25) is 4.79 Å². The maximum absolute atomic E-state index is 11.9. The first-order valence-corrected chi connectivity index (χ1v) is 5.98.